The maximum Gasteiger partial charge on any atom is 0.239 e. The van der Waals surface area contributed by atoms with Crippen LogP contribution in [0.1, 0.15) is 46.8 Å². The topological polar surface area (TPSA) is 79.5 Å². The first-order valence-electron chi connectivity index (χ1n) is 12.1. The molecule has 1 saturated heterocycles. The molecule has 3 aromatic rings. The van der Waals surface area contributed by atoms with Gasteiger partial charge in [-0.3, -0.25) is 9.69 Å². The Kier molecular flexibility index (Phi) is 6.47. The summed E-state index contributed by atoms with van der Waals surface area (Å²) in [6.07, 6.45) is 2.01. The second kappa shape index (κ2) is 9.85. The van der Waals surface area contributed by atoms with Crippen LogP contribution in [0, 0.1) is 25.2 Å². The van der Waals surface area contributed by atoms with Crippen molar-refractivity contribution in [2.45, 2.75) is 39.3 Å². The van der Waals surface area contributed by atoms with Crippen molar-refractivity contribution in [3.63, 3.8) is 0 Å². The molecule has 0 bridgehead atoms. The number of anilines is 1. The van der Waals surface area contributed by atoms with Gasteiger partial charge >= 0.3 is 0 Å². The summed E-state index contributed by atoms with van der Waals surface area (Å²) >= 11 is 0. The lowest BCUT2D eigenvalue weighted by atomic mass is 10.0. The normalized spacial score (nSPS) is 17.2. The minimum absolute atomic E-state index is 0.113. The summed E-state index contributed by atoms with van der Waals surface area (Å²) in [7, 11) is 0. The van der Waals surface area contributed by atoms with E-state index in [-0.39, 0.29) is 18.5 Å². The Balaban J connectivity index is 1.34. The number of likely N-dealkylation sites (tertiary alicyclic amines) is 1. The SMILES string of the molecule is Cc1c(C#N)c(NC(=O)CN2CCCC2c2ccc3c(c2)OCCO3)n(Cc2ccccc2)c1C. The number of rotatable bonds is 6. The Hall–Kier alpha value is -3.76. The number of hydrogen-bond donors (Lipinski definition) is 1. The lowest BCUT2D eigenvalue weighted by molar-refractivity contribution is -0.117. The first kappa shape index (κ1) is 23.0. The Bertz CT molecular complexity index is 1280. The lowest BCUT2D eigenvalue weighted by Crippen LogP contribution is -2.33. The third-order valence-electron chi connectivity index (χ3n) is 7.04. The van der Waals surface area contributed by atoms with Crippen molar-refractivity contribution in [3.05, 3.63) is 76.5 Å². The zero-order valence-corrected chi connectivity index (χ0v) is 20.2. The van der Waals surface area contributed by atoms with Gasteiger partial charge in [0.2, 0.25) is 5.91 Å². The standard InChI is InChI=1S/C28H30N4O3/c1-19-20(2)32(17-21-7-4-3-5-8-21)28(23(19)16-29)30-27(33)18-31-12-6-9-24(31)22-10-11-25-26(15-22)35-14-13-34-25/h3-5,7-8,10-11,15,24H,6,9,12-14,17-18H2,1-2H3,(H,30,33). The predicted molar refractivity (Wildman–Crippen MR) is 134 cm³/mol. The summed E-state index contributed by atoms with van der Waals surface area (Å²) in [5.41, 5.74) is 4.65. The van der Waals surface area contributed by atoms with Crippen LogP contribution < -0.4 is 14.8 Å². The van der Waals surface area contributed by atoms with Gasteiger partial charge < -0.3 is 19.4 Å². The molecule has 7 heteroatoms. The molecule has 1 atom stereocenters. The van der Waals surface area contributed by atoms with Gasteiger partial charge in [-0.25, -0.2) is 0 Å². The van der Waals surface area contributed by atoms with Crippen LogP contribution in [-0.4, -0.2) is 41.7 Å². The number of fused-ring (bicyclic) bond motifs is 1. The molecule has 2 aliphatic heterocycles. The van der Waals surface area contributed by atoms with Crippen LogP contribution in [0.25, 0.3) is 0 Å². The Morgan fingerprint density at radius 2 is 1.89 bits per heavy atom. The van der Waals surface area contributed by atoms with E-state index in [1.54, 1.807) is 0 Å². The molecule has 1 aromatic heterocycles. The van der Waals surface area contributed by atoms with Crippen molar-refractivity contribution < 1.29 is 14.3 Å². The van der Waals surface area contributed by atoms with Crippen molar-refractivity contribution in [3.8, 4) is 17.6 Å². The number of aromatic nitrogens is 1. The summed E-state index contributed by atoms with van der Waals surface area (Å²) < 4.78 is 13.4. The van der Waals surface area contributed by atoms with E-state index in [9.17, 15) is 10.1 Å². The van der Waals surface area contributed by atoms with Crippen molar-refractivity contribution in [1.29, 1.82) is 5.26 Å². The molecule has 2 aromatic carbocycles. The molecule has 2 aliphatic rings. The molecule has 3 heterocycles. The van der Waals surface area contributed by atoms with Gasteiger partial charge in [0.1, 0.15) is 25.1 Å². The zero-order chi connectivity index (χ0) is 24.4. The maximum absolute atomic E-state index is 13.3. The largest absolute Gasteiger partial charge is 0.486 e. The predicted octanol–water partition coefficient (Wildman–Crippen LogP) is 4.57. The number of benzene rings is 2. The molecule has 0 aliphatic carbocycles. The second-order valence-corrected chi connectivity index (χ2v) is 9.20. The zero-order valence-electron chi connectivity index (χ0n) is 20.2. The highest BCUT2D eigenvalue weighted by atomic mass is 16.6. The average Bonchev–Trinajstić information content (AvgIpc) is 3.42. The molecule has 5 rings (SSSR count). The highest BCUT2D eigenvalue weighted by Crippen LogP contribution is 2.38. The van der Waals surface area contributed by atoms with E-state index in [0.717, 1.165) is 53.3 Å². The summed E-state index contributed by atoms with van der Waals surface area (Å²) in [5, 5.41) is 12.9. The summed E-state index contributed by atoms with van der Waals surface area (Å²) in [6.45, 7) is 6.75. The average molecular weight is 471 g/mol. The van der Waals surface area contributed by atoms with Crippen LogP contribution in [0.3, 0.4) is 0 Å². The molecule has 7 nitrogen and oxygen atoms in total. The minimum Gasteiger partial charge on any atom is -0.486 e. The maximum atomic E-state index is 13.3. The summed E-state index contributed by atoms with van der Waals surface area (Å²) in [6, 6.07) is 18.6. The fraction of sp³-hybridized carbons (Fsp3) is 0.357. The Labute approximate surface area is 205 Å². The van der Waals surface area contributed by atoms with Gasteiger partial charge in [-0.1, -0.05) is 36.4 Å². The fourth-order valence-electron chi connectivity index (χ4n) is 5.11. The van der Waals surface area contributed by atoms with E-state index < -0.39 is 0 Å². The van der Waals surface area contributed by atoms with Gasteiger partial charge in [-0.15, -0.1) is 0 Å². The number of carbonyl (C=O) groups is 1. The van der Waals surface area contributed by atoms with Gasteiger partial charge in [-0.2, -0.15) is 5.26 Å². The summed E-state index contributed by atoms with van der Waals surface area (Å²) in [4.78, 5) is 15.5. The lowest BCUT2D eigenvalue weighted by Gasteiger charge is -2.26. The minimum atomic E-state index is -0.113. The number of hydrogen-bond acceptors (Lipinski definition) is 5. The quantitative estimate of drug-likeness (QED) is 0.571. The van der Waals surface area contributed by atoms with Crippen molar-refractivity contribution in [2.24, 2.45) is 0 Å². The van der Waals surface area contributed by atoms with E-state index in [0.29, 0.717) is 31.1 Å². The number of nitrogens with one attached hydrogen (secondary N) is 1. The highest BCUT2D eigenvalue weighted by Gasteiger charge is 2.29. The smallest absolute Gasteiger partial charge is 0.239 e. The summed E-state index contributed by atoms with van der Waals surface area (Å²) in [5.74, 6) is 2.01. The van der Waals surface area contributed by atoms with E-state index in [2.05, 4.69) is 34.5 Å². The van der Waals surface area contributed by atoms with Crippen molar-refractivity contribution in [1.82, 2.24) is 9.47 Å². The van der Waals surface area contributed by atoms with Crippen LogP contribution >= 0.6 is 0 Å². The Morgan fingerprint density at radius 3 is 2.66 bits per heavy atom. The van der Waals surface area contributed by atoms with E-state index >= 15 is 0 Å². The van der Waals surface area contributed by atoms with Gasteiger partial charge in [-0.05, 0) is 62.1 Å². The number of ether oxygens (including phenoxy) is 2. The number of nitriles is 1. The monoisotopic (exact) mass is 470 g/mol. The van der Waals surface area contributed by atoms with Crippen LogP contribution in [0.2, 0.25) is 0 Å². The highest BCUT2D eigenvalue weighted by molar-refractivity contribution is 5.93. The molecule has 35 heavy (non-hydrogen) atoms. The molecule has 0 saturated carbocycles. The van der Waals surface area contributed by atoms with Crippen LogP contribution in [0.5, 0.6) is 11.5 Å². The van der Waals surface area contributed by atoms with Gasteiger partial charge in [0.25, 0.3) is 0 Å². The van der Waals surface area contributed by atoms with E-state index in [1.165, 1.54) is 0 Å². The van der Waals surface area contributed by atoms with Crippen LogP contribution in [-0.2, 0) is 11.3 Å². The first-order chi connectivity index (χ1) is 17.0. The molecule has 1 fully saturated rings. The van der Waals surface area contributed by atoms with Crippen molar-refractivity contribution in [2.75, 3.05) is 31.6 Å². The third-order valence-corrected chi connectivity index (χ3v) is 7.04. The number of amides is 1. The molecule has 0 radical (unpaired) electrons. The molecule has 1 amide bonds. The molecule has 180 valence electrons. The van der Waals surface area contributed by atoms with Crippen LogP contribution in [0.15, 0.2) is 48.5 Å². The molecule has 1 N–H and O–H groups in total. The van der Waals surface area contributed by atoms with Crippen LogP contribution in [0.4, 0.5) is 5.82 Å². The second-order valence-electron chi connectivity index (χ2n) is 9.20. The van der Waals surface area contributed by atoms with E-state index in [4.69, 9.17) is 9.47 Å². The number of nitrogens with zero attached hydrogens (tertiary/aromatic N) is 3. The first-order valence-corrected chi connectivity index (χ1v) is 12.1. The van der Waals surface area contributed by atoms with E-state index in [1.807, 2.05) is 48.7 Å². The molecule has 1 unspecified atom stereocenters. The Morgan fingerprint density at radius 1 is 1.11 bits per heavy atom. The number of carbonyl (C=O) groups excluding carboxylic acids is 1. The third kappa shape index (κ3) is 4.62. The fourth-order valence-corrected chi connectivity index (χ4v) is 5.11. The van der Waals surface area contributed by atoms with Gasteiger partial charge in [0.05, 0.1) is 12.1 Å². The van der Waals surface area contributed by atoms with Crippen molar-refractivity contribution >= 4 is 11.7 Å². The molecular formula is C28H30N4O3. The van der Waals surface area contributed by atoms with Gasteiger partial charge in [0.15, 0.2) is 11.5 Å². The van der Waals surface area contributed by atoms with Gasteiger partial charge in [0, 0.05) is 18.3 Å². The molecule has 0 spiro atoms. The molecular weight excluding hydrogens is 440 g/mol.